The molecule has 28 heavy (non-hydrogen) atoms. The summed E-state index contributed by atoms with van der Waals surface area (Å²) in [6.07, 6.45) is 21.8. The summed E-state index contributed by atoms with van der Waals surface area (Å²) in [5.41, 5.74) is -2.98. The number of aliphatic hydroxyl groups excluding tert-OH is 1. The Morgan fingerprint density at radius 2 is 1.00 bits per heavy atom. The van der Waals surface area contributed by atoms with E-state index in [1.807, 2.05) is 0 Å². The van der Waals surface area contributed by atoms with Crippen molar-refractivity contribution in [2.24, 2.45) is 0 Å². The van der Waals surface area contributed by atoms with Crippen LogP contribution in [-0.4, -0.2) is 33.7 Å². The first-order valence-corrected chi connectivity index (χ1v) is 12.2. The van der Waals surface area contributed by atoms with Crippen molar-refractivity contribution < 1.29 is 19.8 Å². The van der Waals surface area contributed by atoms with Crippen LogP contribution in [0.1, 0.15) is 122 Å². The lowest BCUT2D eigenvalue weighted by molar-refractivity contribution is -0.149. The molecule has 2 unspecified atom stereocenters. The Bertz CT molecular complexity index is 400. The number of hydrogen-bond acceptors (Lipinski definition) is 4. The van der Waals surface area contributed by atoms with Gasteiger partial charge >= 0.3 is 0 Å². The molecule has 2 N–H and O–H groups in total. The van der Waals surface area contributed by atoms with Crippen LogP contribution in [-0.2, 0) is 9.59 Å². The second kappa shape index (κ2) is 18.7. The largest absolute Gasteiger partial charge is 0.392 e. The van der Waals surface area contributed by atoms with Crippen LogP contribution in [0.15, 0.2) is 0 Å². The minimum absolute atomic E-state index is 0.149. The van der Waals surface area contributed by atoms with Crippen molar-refractivity contribution in [3.8, 4) is 0 Å². The van der Waals surface area contributed by atoms with Crippen LogP contribution in [0.2, 0.25) is 0 Å². The molecule has 5 heteroatoms. The van der Waals surface area contributed by atoms with E-state index in [1.54, 1.807) is 9.24 Å². The second-order valence-electron chi connectivity index (χ2n) is 8.21. The van der Waals surface area contributed by atoms with Gasteiger partial charge in [0.15, 0.2) is 11.3 Å². The molecule has 2 atom stereocenters. The van der Waals surface area contributed by atoms with Crippen LogP contribution in [0.4, 0.5) is 0 Å². The molecule has 0 aliphatic rings. The van der Waals surface area contributed by atoms with Gasteiger partial charge in [0, 0.05) is 6.42 Å². The van der Waals surface area contributed by atoms with Crippen molar-refractivity contribution in [1.82, 2.24) is 0 Å². The predicted octanol–water partition coefficient (Wildman–Crippen LogP) is 5.72. The van der Waals surface area contributed by atoms with Crippen molar-refractivity contribution >= 4 is 20.5 Å². The fourth-order valence-electron chi connectivity index (χ4n) is 3.52. The third-order valence-electron chi connectivity index (χ3n) is 5.61. The Hall–Kier alpha value is -0.310. The zero-order chi connectivity index (χ0) is 21.1. The Kier molecular flexibility index (Phi) is 18.5. The highest BCUT2D eigenvalue weighted by Crippen LogP contribution is 2.17. The van der Waals surface area contributed by atoms with E-state index >= 15 is 0 Å². The molecule has 0 heterocycles. The number of hydrogen-bond donors (Lipinski definition) is 2. The molecule has 0 aromatic heterocycles. The normalized spacial score (nSPS) is 13.4. The van der Waals surface area contributed by atoms with Gasteiger partial charge in [0.2, 0.25) is 5.60 Å². The zero-order valence-electron chi connectivity index (χ0n) is 18.2. The molecule has 166 valence electrons. The molecular weight excluding hydrogens is 371 g/mol. The SMILES string of the molecule is CCCCCCCCCCCCCCCCCCCC(=O)C(O)(CO)C(=O)P. The number of carbonyl (C=O) groups excluding carboxylic acids is 2. The summed E-state index contributed by atoms with van der Waals surface area (Å²) >= 11 is 0. The molecule has 0 aromatic carbocycles. The van der Waals surface area contributed by atoms with Crippen LogP contribution in [0.3, 0.4) is 0 Å². The van der Waals surface area contributed by atoms with Crippen LogP contribution >= 0.6 is 9.24 Å². The van der Waals surface area contributed by atoms with E-state index in [-0.39, 0.29) is 6.42 Å². The van der Waals surface area contributed by atoms with Crippen molar-refractivity contribution in [3.63, 3.8) is 0 Å². The number of aliphatic hydroxyl groups is 2. The van der Waals surface area contributed by atoms with E-state index in [2.05, 4.69) is 6.92 Å². The molecule has 0 saturated carbocycles. The molecular formula is C23H45O4P. The summed E-state index contributed by atoms with van der Waals surface area (Å²) < 4.78 is 0. The van der Waals surface area contributed by atoms with Gasteiger partial charge in [0.25, 0.3) is 0 Å². The standard InChI is InChI=1S/C23H45O4P/c1-2-3-4-5-6-7-8-9-10-11-12-13-14-15-16-17-18-19-21(25)23(27,20-24)22(26)28/h24,27H,2-20,28H2,1H3. The van der Waals surface area contributed by atoms with Crippen molar-refractivity contribution in [2.45, 2.75) is 128 Å². The molecule has 0 amide bonds. The summed E-state index contributed by atoms with van der Waals surface area (Å²) in [5.74, 6) is -0.573. The minimum atomic E-state index is -2.22. The molecule has 0 bridgehead atoms. The highest BCUT2D eigenvalue weighted by molar-refractivity contribution is 7.40. The van der Waals surface area contributed by atoms with Crippen molar-refractivity contribution in [2.75, 3.05) is 6.61 Å². The highest BCUT2D eigenvalue weighted by Gasteiger charge is 2.39. The monoisotopic (exact) mass is 416 g/mol. The van der Waals surface area contributed by atoms with Crippen LogP contribution in [0, 0.1) is 0 Å². The average Bonchev–Trinajstić information content (AvgIpc) is 2.69. The minimum Gasteiger partial charge on any atom is -0.392 e. The van der Waals surface area contributed by atoms with E-state index in [9.17, 15) is 14.7 Å². The first-order chi connectivity index (χ1) is 13.5. The van der Waals surface area contributed by atoms with Crippen LogP contribution in [0.5, 0.6) is 0 Å². The van der Waals surface area contributed by atoms with Gasteiger partial charge < -0.3 is 10.2 Å². The van der Waals surface area contributed by atoms with Gasteiger partial charge in [0.05, 0.1) is 6.61 Å². The van der Waals surface area contributed by atoms with Crippen LogP contribution in [0.25, 0.3) is 0 Å². The number of ketones is 1. The maximum absolute atomic E-state index is 11.9. The van der Waals surface area contributed by atoms with Gasteiger partial charge in [0.1, 0.15) is 0 Å². The van der Waals surface area contributed by atoms with Gasteiger partial charge in [-0.2, -0.15) is 0 Å². The highest BCUT2D eigenvalue weighted by atomic mass is 31.0. The summed E-state index contributed by atoms with van der Waals surface area (Å²) in [7, 11) is 1.78. The first-order valence-electron chi connectivity index (χ1n) is 11.7. The Morgan fingerprint density at radius 3 is 1.29 bits per heavy atom. The molecule has 4 nitrogen and oxygen atoms in total. The van der Waals surface area contributed by atoms with Gasteiger partial charge in [-0.1, -0.05) is 119 Å². The number of carbonyl (C=O) groups is 2. The summed E-state index contributed by atoms with van der Waals surface area (Å²) in [5, 5.41) is 18.9. The third-order valence-corrected chi connectivity index (χ3v) is 6.08. The fourth-order valence-corrected chi connectivity index (χ4v) is 3.77. The maximum Gasteiger partial charge on any atom is 0.208 e. The fraction of sp³-hybridized carbons (Fsp3) is 0.913. The molecule has 0 radical (unpaired) electrons. The quantitative estimate of drug-likeness (QED) is 0.142. The van der Waals surface area contributed by atoms with E-state index < -0.39 is 23.5 Å². The Morgan fingerprint density at radius 1 is 0.679 bits per heavy atom. The van der Waals surface area contributed by atoms with E-state index in [0.717, 1.165) is 12.8 Å². The molecule has 0 aromatic rings. The van der Waals surface area contributed by atoms with Crippen molar-refractivity contribution in [3.05, 3.63) is 0 Å². The van der Waals surface area contributed by atoms with E-state index in [4.69, 9.17) is 5.11 Å². The molecule has 0 aliphatic heterocycles. The van der Waals surface area contributed by atoms with Gasteiger partial charge in [-0.3, -0.25) is 9.59 Å². The summed E-state index contributed by atoms with van der Waals surface area (Å²) in [6.45, 7) is 1.42. The van der Waals surface area contributed by atoms with Crippen molar-refractivity contribution in [1.29, 1.82) is 0 Å². The molecule has 0 aliphatic carbocycles. The predicted molar refractivity (Wildman–Crippen MR) is 121 cm³/mol. The van der Waals surface area contributed by atoms with E-state index in [0.29, 0.717) is 6.42 Å². The third kappa shape index (κ3) is 13.8. The lowest BCUT2D eigenvalue weighted by Crippen LogP contribution is -2.47. The number of rotatable bonds is 21. The van der Waals surface area contributed by atoms with Gasteiger partial charge in [-0.15, -0.1) is 0 Å². The topological polar surface area (TPSA) is 74.6 Å². The Labute approximate surface area is 175 Å². The molecule has 0 rings (SSSR count). The number of unbranched alkanes of at least 4 members (excludes halogenated alkanes) is 16. The molecule has 0 spiro atoms. The maximum atomic E-state index is 11.9. The van der Waals surface area contributed by atoms with E-state index in [1.165, 1.54) is 89.9 Å². The average molecular weight is 417 g/mol. The smallest absolute Gasteiger partial charge is 0.208 e. The summed E-state index contributed by atoms with van der Waals surface area (Å²) in [6, 6.07) is 0. The molecule has 0 saturated heterocycles. The molecule has 0 fully saturated rings. The lowest BCUT2D eigenvalue weighted by atomic mass is 9.96. The zero-order valence-corrected chi connectivity index (χ0v) is 19.4. The van der Waals surface area contributed by atoms with Crippen LogP contribution < -0.4 is 0 Å². The van der Waals surface area contributed by atoms with Gasteiger partial charge in [-0.05, 0) is 6.42 Å². The Balaban J connectivity index is 3.34. The summed E-state index contributed by atoms with van der Waals surface area (Å²) in [4.78, 5) is 23.1. The second-order valence-corrected chi connectivity index (χ2v) is 8.74. The number of Topliss-reactive ketones (excluding diaryl/α,β-unsaturated/α-hetero) is 1. The first kappa shape index (κ1) is 27.7. The lowest BCUT2D eigenvalue weighted by Gasteiger charge is -2.20. The van der Waals surface area contributed by atoms with Gasteiger partial charge in [-0.25, -0.2) is 0 Å².